The number of amides is 1. The van der Waals surface area contributed by atoms with E-state index in [4.69, 9.17) is 5.84 Å². The average molecular weight is 276 g/mol. The summed E-state index contributed by atoms with van der Waals surface area (Å²) < 4.78 is 0. The van der Waals surface area contributed by atoms with E-state index in [1.165, 1.54) is 5.56 Å². The van der Waals surface area contributed by atoms with Gasteiger partial charge < -0.3 is 0 Å². The SMILES string of the molecule is CC1CN(Cc2ccc(C(=O)NN)cc2)CC(C)N1C. The van der Waals surface area contributed by atoms with Crippen LogP contribution in [-0.4, -0.2) is 47.9 Å². The summed E-state index contributed by atoms with van der Waals surface area (Å²) in [5.74, 6) is 4.87. The van der Waals surface area contributed by atoms with Crippen molar-refractivity contribution >= 4 is 5.91 Å². The number of hydrogen-bond acceptors (Lipinski definition) is 4. The van der Waals surface area contributed by atoms with E-state index in [1.807, 2.05) is 24.3 Å². The maximum absolute atomic E-state index is 11.4. The number of nitrogens with zero attached hydrogens (tertiary/aromatic N) is 2. The minimum absolute atomic E-state index is 0.251. The first-order valence-corrected chi connectivity index (χ1v) is 7.05. The van der Waals surface area contributed by atoms with Gasteiger partial charge in [0, 0.05) is 37.3 Å². The topological polar surface area (TPSA) is 61.6 Å². The van der Waals surface area contributed by atoms with Crippen LogP contribution in [0.1, 0.15) is 29.8 Å². The fourth-order valence-corrected chi connectivity index (χ4v) is 2.75. The Kier molecular flexibility index (Phi) is 4.75. The van der Waals surface area contributed by atoms with E-state index in [2.05, 4.69) is 36.1 Å². The van der Waals surface area contributed by atoms with Crippen LogP contribution in [0.2, 0.25) is 0 Å². The number of carbonyl (C=O) groups excluding carboxylic acids is 1. The average Bonchev–Trinajstić information content (AvgIpc) is 2.44. The Labute approximate surface area is 120 Å². The molecule has 110 valence electrons. The summed E-state index contributed by atoms with van der Waals surface area (Å²) in [4.78, 5) is 16.3. The van der Waals surface area contributed by atoms with Crippen LogP contribution in [0.25, 0.3) is 0 Å². The van der Waals surface area contributed by atoms with Crippen LogP contribution in [0.15, 0.2) is 24.3 Å². The molecule has 3 N–H and O–H groups in total. The quantitative estimate of drug-likeness (QED) is 0.487. The van der Waals surface area contributed by atoms with E-state index in [0.29, 0.717) is 17.6 Å². The maximum atomic E-state index is 11.4. The van der Waals surface area contributed by atoms with E-state index in [0.717, 1.165) is 19.6 Å². The van der Waals surface area contributed by atoms with Crippen molar-refractivity contribution in [3.05, 3.63) is 35.4 Å². The van der Waals surface area contributed by atoms with Crippen LogP contribution in [0.4, 0.5) is 0 Å². The molecule has 0 bridgehead atoms. The summed E-state index contributed by atoms with van der Waals surface area (Å²) in [6.45, 7) is 7.60. The molecule has 1 saturated heterocycles. The fraction of sp³-hybridized carbons (Fsp3) is 0.533. The first-order chi connectivity index (χ1) is 9.51. The van der Waals surface area contributed by atoms with Crippen LogP contribution >= 0.6 is 0 Å². The van der Waals surface area contributed by atoms with Crippen molar-refractivity contribution in [3.8, 4) is 0 Å². The van der Waals surface area contributed by atoms with Crippen molar-refractivity contribution in [1.29, 1.82) is 0 Å². The lowest BCUT2D eigenvalue weighted by molar-refractivity contribution is 0.0556. The molecule has 1 heterocycles. The number of nitrogens with one attached hydrogen (secondary N) is 1. The highest BCUT2D eigenvalue weighted by atomic mass is 16.2. The van der Waals surface area contributed by atoms with E-state index in [-0.39, 0.29) is 5.91 Å². The fourth-order valence-electron chi connectivity index (χ4n) is 2.75. The Morgan fingerprint density at radius 2 is 1.80 bits per heavy atom. The molecule has 2 unspecified atom stereocenters. The second-order valence-electron chi connectivity index (χ2n) is 5.73. The van der Waals surface area contributed by atoms with Gasteiger partial charge in [-0.15, -0.1) is 0 Å². The van der Waals surface area contributed by atoms with Crippen molar-refractivity contribution < 1.29 is 4.79 Å². The number of piperazine rings is 1. The monoisotopic (exact) mass is 276 g/mol. The van der Waals surface area contributed by atoms with Gasteiger partial charge in [0.1, 0.15) is 0 Å². The number of hydrogen-bond donors (Lipinski definition) is 2. The molecule has 1 aliphatic heterocycles. The zero-order chi connectivity index (χ0) is 14.7. The lowest BCUT2D eigenvalue weighted by Gasteiger charge is -2.42. The van der Waals surface area contributed by atoms with Crippen molar-refractivity contribution in [2.75, 3.05) is 20.1 Å². The van der Waals surface area contributed by atoms with Gasteiger partial charge in [-0.25, -0.2) is 5.84 Å². The number of benzene rings is 1. The Morgan fingerprint density at radius 1 is 1.25 bits per heavy atom. The van der Waals surface area contributed by atoms with Crippen molar-refractivity contribution in [2.45, 2.75) is 32.5 Å². The number of rotatable bonds is 3. The van der Waals surface area contributed by atoms with Gasteiger partial charge in [-0.2, -0.15) is 0 Å². The summed E-state index contributed by atoms with van der Waals surface area (Å²) in [6, 6.07) is 8.78. The van der Waals surface area contributed by atoms with Crippen molar-refractivity contribution in [2.24, 2.45) is 5.84 Å². The molecule has 2 rings (SSSR count). The van der Waals surface area contributed by atoms with Gasteiger partial charge >= 0.3 is 0 Å². The third kappa shape index (κ3) is 3.36. The third-order valence-electron chi connectivity index (χ3n) is 4.19. The highest BCUT2D eigenvalue weighted by molar-refractivity contribution is 5.93. The standard InChI is InChI=1S/C15H24N4O/c1-11-8-19(9-12(2)18(11)3)10-13-4-6-14(7-5-13)15(20)17-16/h4-7,11-12H,8-10,16H2,1-3H3,(H,17,20). The first-order valence-electron chi connectivity index (χ1n) is 7.05. The highest BCUT2D eigenvalue weighted by Gasteiger charge is 2.26. The van der Waals surface area contributed by atoms with E-state index in [9.17, 15) is 4.79 Å². The maximum Gasteiger partial charge on any atom is 0.265 e. The van der Waals surface area contributed by atoms with Crippen molar-refractivity contribution in [3.63, 3.8) is 0 Å². The summed E-state index contributed by atoms with van der Waals surface area (Å²) in [7, 11) is 2.19. The molecule has 2 atom stereocenters. The number of likely N-dealkylation sites (N-methyl/N-ethyl adjacent to an activating group) is 1. The van der Waals surface area contributed by atoms with E-state index < -0.39 is 0 Å². The largest absolute Gasteiger partial charge is 0.298 e. The molecule has 1 aromatic rings. The lowest BCUT2D eigenvalue weighted by atomic mass is 10.1. The smallest absolute Gasteiger partial charge is 0.265 e. The van der Waals surface area contributed by atoms with Crippen LogP contribution in [0.3, 0.4) is 0 Å². The normalized spacial score (nSPS) is 24.6. The summed E-state index contributed by atoms with van der Waals surface area (Å²) in [5.41, 5.74) is 3.96. The molecule has 20 heavy (non-hydrogen) atoms. The number of hydrazine groups is 1. The van der Waals surface area contributed by atoms with Crippen LogP contribution in [0.5, 0.6) is 0 Å². The minimum Gasteiger partial charge on any atom is -0.298 e. The van der Waals surface area contributed by atoms with Gasteiger partial charge in [-0.05, 0) is 38.6 Å². The van der Waals surface area contributed by atoms with Crippen LogP contribution in [0, 0.1) is 0 Å². The van der Waals surface area contributed by atoms with Gasteiger partial charge in [0.05, 0.1) is 0 Å². The molecule has 0 aromatic heterocycles. The van der Waals surface area contributed by atoms with Gasteiger partial charge in [0.25, 0.3) is 5.91 Å². The molecule has 0 spiro atoms. The number of nitrogens with two attached hydrogens (primary N) is 1. The predicted molar refractivity (Wildman–Crippen MR) is 80.1 cm³/mol. The zero-order valence-corrected chi connectivity index (χ0v) is 12.5. The Bertz CT molecular complexity index is 447. The van der Waals surface area contributed by atoms with Gasteiger partial charge in [-0.3, -0.25) is 20.0 Å². The Hall–Kier alpha value is -1.43. The van der Waals surface area contributed by atoms with E-state index in [1.54, 1.807) is 0 Å². The summed E-state index contributed by atoms with van der Waals surface area (Å²) in [6.07, 6.45) is 0. The molecule has 1 aromatic carbocycles. The Morgan fingerprint density at radius 3 is 2.30 bits per heavy atom. The molecular weight excluding hydrogens is 252 g/mol. The van der Waals surface area contributed by atoms with E-state index >= 15 is 0 Å². The molecule has 5 heteroatoms. The zero-order valence-electron chi connectivity index (χ0n) is 12.5. The van der Waals surface area contributed by atoms with Gasteiger partial charge in [-0.1, -0.05) is 12.1 Å². The molecular formula is C15H24N4O. The second kappa shape index (κ2) is 6.35. The molecule has 1 fully saturated rings. The lowest BCUT2D eigenvalue weighted by Crippen LogP contribution is -2.54. The predicted octanol–water partition coefficient (Wildman–Crippen LogP) is 0.815. The van der Waals surface area contributed by atoms with Crippen molar-refractivity contribution in [1.82, 2.24) is 15.2 Å². The first kappa shape index (κ1) is 15.0. The van der Waals surface area contributed by atoms with Gasteiger partial charge in [0.2, 0.25) is 0 Å². The summed E-state index contributed by atoms with van der Waals surface area (Å²) in [5, 5.41) is 0. The molecule has 5 nitrogen and oxygen atoms in total. The van der Waals surface area contributed by atoms with Crippen LogP contribution in [-0.2, 0) is 6.54 Å². The third-order valence-corrected chi connectivity index (χ3v) is 4.19. The molecule has 0 radical (unpaired) electrons. The summed E-state index contributed by atoms with van der Waals surface area (Å²) >= 11 is 0. The number of nitrogen functional groups attached to an aromatic ring is 1. The molecule has 0 saturated carbocycles. The Balaban J connectivity index is 1.98. The second-order valence-corrected chi connectivity index (χ2v) is 5.73. The van der Waals surface area contributed by atoms with Crippen LogP contribution < -0.4 is 11.3 Å². The minimum atomic E-state index is -0.251. The molecule has 1 aliphatic rings. The van der Waals surface area contributed by atoms with Gasteiger partial charge in [0.15, 0.2) is 0 Å². The molecule has 0 aliphatic carbocycles. The molecule has 1 amide bonds. The number of carbonyl (C=O) groups is 1. The highest BCUT2D eigenvalue weighted by Crippen LogP contribution is 2.16.